The van der Waals surface area contributed by atoms with E-state index in [0.29, 0.717) is 11.6 Å². The van der Waals surface area contributed by atoms with Crippen LogP contribution in [0.1, 0.15) is 35.8 Å². The molecule has 1 N–H and O–H groups in total. The number of methoxy groups -OCH3 is 1. The first-order chi connectivity index (χ1) is 9.06. The first-order valence-electron chi connectivity index (χ1n) is 6.27. The second-order valence-corrected chi connectivity index (χ2v) is 4.73. The second kappa shape index (κ2) is 5.26. The van der Waals surface area contributed by atoms with Gasteiger partial charge in [0.25, 0.3) is 0 Å². The molecule has 0 saturated heterocycles. The highest BCUT2D eigenvalue weighted by Crippen LogP contribution is 2.27. The van der Waals surface area contributed by atoms with E-state index in [4.69, 9.17) is 4.74 Å². The van der Waals surface area contributed by atoms with Crippen molar-refractivity contribution in [2.75, 3.05) is 19.5 Å². The monoisotopic (exact) mass is 258 g/mol. The Morgan fingerprint density at radius 1 is 1.32 bits per heavy atom. The number of rotatable bonds is 3. The smallest absolute Gasteiger partial charge is 0.356 e. The summed E-state index contributed by atoms with van der Waals surface area (Å²) in [7, 11) is 3.19. The van der Waals surface area contributed by atoms with Gasteiger partial charge in [-0.05, 0) is 29.7 Å². The summed E-state index contributed by atoms with van der Waals surface area (Å²) in [6, 6.07) is 7.82. The van der Waals surface area contributed by atoms with Crippen LogP contribution in [-0.4, -0.2) is 25.1 Å². The summed E-state index contributed by atoms with van der Waals surface area (Å²) in [5, 5.41) is 4.12. The predicted octanol–water partition coefficient (Wildman–Crippen LogP) is 3.19. The molecule has 0 bridgehead atoms. The average molecular weight is 258 g/mol. The number of carbonyl (C=O) groups excluding carboxylic acids is 1. The van der Waals surface area contributed by atoms with Crippen LogP contribution in [-0.2, 0) is 4.74 Å². The molecule has 4 nitrogen and oxygen atoms in total. The van der Waals surface area contributed by atoms with E-state index >= 15 is 0 Å². The van der Waals surface area contributed by atoms with Crippen LogP contribution in [0.4, 0.5) is 5.69 Å². The van der Waals surface area contributed by atoms with Crippen LogP contribution in [0.25, 0.3) is 10.9 Å². The summed E-state index contributed by atoms with van der Waals surface area (Å²) >= 11 is 0. The minimum absolute atomic E-state index is 0.316. The second-order valence-electron chi connectivity index (χ2n) is 4.73. The number of ether oxygens (including phenoxy) is 1. The Bertz CT molecular complexity index is 621. The summed E-state index contributed by atoms with van der Waals surface area (Å²) in [6.45, 7) is 4.30. The molecule has 2 aromatic rings. The number of aromatic nitrogens is 1. The van der Waals surface area contributed by atoms with Crippen LogP contribution in [0.5, 0.6) is 0 Å². The average Bonchev–Trinajstić information content (AvgIpc) is 2.44. The van der Waals surface area contributed by atoms with Crippen LogP contribution in [0, 0.1) is 0 Å². The van der Waals surface area contributed by atoms with Crippen molar-refractivity contribution in [1.82, 2.24) is 4.98 Å². The van der Waals surface area contributed by atoms with E-state index in [-0.39, 0.29) is 0 Å². The Morgan fingerprint density at radius 3 is 2.63 bits per heavy atom. The van der Waals surface area contributed by atoms with E-state index < -0.39 is 5.97 Å². The fourth-order valence-corrected chi connectivity index (χ4v) is 2.02. The van der Waals surface area contributed by atoms with Gasteiger partial charge in [0.15, 0.2) is 5.69 Å². The molecule has 0 aliphatic heterocycles. The number of anilines is 1. The zero-order valence-electron chi connectivity index (χ0n) is 11.7. The van der Waals surface area contributed by atoms with Gasteiger partial charge in [0.1, 0.15) is 0 Å². The molecule has 0 radical (unpaired) electrons. The van der Waals surface area contributed by atoms with Crippen molar-refractivity contribution in [1.29, 1.82) is 0 Å². The molecule has 0 unspecified atom stereocenters. The highest BCUT2D eigenvalue weighted by Gasteiger charge is 2.12. The molecule has 0 amide bonds. The molecular formula is C15H18N2O2. The van der Waals surface area contributed by atoms with Crippen molar-refractivity contribution in [3.05, 3.63) is 35.5 Å². The van der Waals surface area contributed by atoms with Crippen molar-refractivity contribution in [3.63, 3.8) is 0 Å². The van der Waals surface area contributed by atoms with E-state index in [1.54, 1.807) is 6.07 Å². The highest BCUT2D eigenvalue weighted by atomic mass is 16.5. The van der Waals surface area contributed by atoms with Gasteiger partial charge in [0.2, 0.25) is 0 Å². The Balaban J connectivity index is 2.66. The number of hydrogen-bond donors (Lipinski definition) is 1. The van der Waals surface area contributed by atoms with E-state index in [0.717, 1.165) is 16.6 Å². The summed E-state index contributed by atoms with van der Waals surface area (Å²) in [6.07, 6.45) is 0. The number of carbonyl (C=O) groups is 1. The Labute approximate surface area is 112 Å². The maximum atomic E-state index is 11.6. The fourth-order valence-electron chi connectivity index (χ4n) is 2.02. The molecule has 1 heterocycles. The predicted molar refractivity (Wildman–Crippen MR) is 76.7 cm³/mol. The maximum absolute atomic E-state index is 11.6. The third-order valence-corrected chi connectivity index (χ3v) is 3.16. The molecule has 0 fully saturated rings. The van der Waals surface area contributed by atoms with E-state index in [9.17, 15) is 4.79 Å². The SMILES string of the molecule is CNc1cc(C(=O)OC)nc2ccc(C(C)C)cc12. The van der Waals surface area contributed by atoms with Crippen molar-refractivity contribution >= 4 is 22.6 Å². The quantitative estimate of drug-likeness (QED) is 0.859. The summed E-state index contributed by atoms with van der Waals surface area (Å²) < 4.78 is 4.72. The van der Waals surface area contributed by atoms with Crippen LogP contribution in [0.2, 0.25) is 0 Å². The largest absolute Gasteiger partial charge is 0.464 e. The third-order valence-electron chi connectivity index (χ3n) is 3.16. The molecular weight excluding hydrogens is 240 g/mol. The molecule has 0 aliphatic carbocycles. The number of fused-ring (bicyclic) bond motifs is 1. The molecule has 0 aliphatic rings. The molecule has 100 valence electrons. The van der Waals surface area contributed by atoms with Crippen molar-refractivity contribution in [2.24, 2.45) is 0 Å². The van der Waals surface area contributed by atoms with Gasteiger partial charge < -0.3 is 10.1 Å². The lowest BCUT2D eigenvalue weighted by Crippen LogP contribution is -2.06. The van der Waals surface area contributed by atoms with Crippen LogP contribution >= 0.6 is 0 Å². The first-order valence-corrected chi connectivity index (χ1v) is 6.27. The van der Waals surface area contributed by atoms with Crippen LogP contribution in [0.15, 0.2) is 24.3 Å². The highest BCUT2D eigenvalue weighted by molar-refractivity contribution is 5.97. The van der Waals surface area contributed by atoms with Crippen molar-refractivity contribution in [2.45, 2.75) is 19.8 Å². The lowest BCUT2D eigenvalue weighted by Gasteiger charge is -2.11. The standard InChI is InChI=1S/C15H18N2O2/c1-9(2)10-5-6-12-11(7-10)13(16-3)8-14(17-12)15(18)19-4/h5-9H,1-4H3,(H,16,17). The van der Waals surface area contributed by atoms with Gasteiger partial charge in [0.05, 0.1) is 12.6 Å². The van der Waals surface area contributed by atoms with E-state index in [2.05, 4.69) is 30.2 Å². The number of nitrogens with zero attached hydrogens (tertiary/aromatic N) is 1. The number of pyridine rings is 1. The number of nitrogens with one attached hydrogen (secondary N) is 1. The van der Waals surface area contributed by atoms with Gasteiger partial charge in [-0.3, -0.25) is 0 Å². The van der Waals surface area contributed by atoms with Gasteiger partial charge in [-0.2, -0.15) is 0 Å². The minimum Gasteiger partial charge on any atom is -0.464 e. The lowest BCUT2D eigenvalue weighted by atomic mass is 10.0. The first kappa shape index (κ1) is 13.3. The summed E-state index contributed by atoms with van der Waals surface area (Å²) in [5.41, 5.74) is 3.23. The van der Waals surface area contributed by atoms with Crippen molar-refractivity contribution in [3.8, 4) is 0 Å². The van der Waals surface area contributed by atoms with Crippen molar-refractivity contribution < 1.29 is 9.53 Å². The zero-order chi connectivity index (χ0) is 14.0. The minimum atomic E-state index is -0.425. The Morgan fingerprint density at radius 2 is 2.05 bits per heavy atom. The fraction of sp³-hybridized carbons (Fsp3) is 0.333. The molecule has 0 spiro atoms. The van der Waals surface area contributed by atoms with Gasteiger partial charge in [0, 0.05) is 18.1 Å². The Kier molecular flexibility index (Phi) is 3.69. The van der Waals surface area contributed by atoms with E-state index in [1.807, 2.05) is 19.2 Å². The van der Waals surface area contributed by atoms with Gasteiger partial charge in [-0.25, -0.2) is 9.78 Å². The van der Waals surface area contributed by atoms with Crippen LogP contribution in [0.3, 0.4) is 0 Å². The number of hydrogen-bond acceptors (Lipinski definition) is 4. The Hall–Kier alpha value is -2.10. The maximum Gasteiger partial charge on any atom is 0.356 e. The van der Waals surface area contributed by atoms with Gasteiger partial charge in [-0.1, -0.05) is 19.9 Å². The molecule has 1 aromatic heterocycles. The lowest BCUT2D eigenvalue weighted by molar-refractivity contribution is 0.0594. The van der Waals surface area contributed by atoms with Gasteiger partial charge >= 0.3 is 5.97 Å². The topological polar surface area (TPSA) is 51.2 Å². The third kappa shape index (κ3) is 2.52. The number of benzene rings is 1. The van der Waals surface area contributed by atoms with Gasteiger partial charge in [-0.15, -0.1) is 0 Å². The number of esters is 1. The molecule has 1 aromatic carbocycles. The van der Waals surface area contributed by atoms with Crippen LogP contribution < -0.4 is 5.32 Å². The molecule has 19 heavy (non-hydrogen) atoms. The molecule has 4 heteroatoms. The normalized spacial score (nSPS) is 10.8. The molecule has 0 saturated carbocycles. The summed E-state index contributed by atoms with van der Waals surface area (Å²) in [5.74, 6) is 0.0284. The molecule has 0 atom stereocenters. The zero-order valence-corrected chi connectivity index (χ0v) is 11.7. The molecule has 2 rings (SSSR count). The summed E-state index contributed by atoms with van der Waals surface area (Å²) in [4.78, 5) is 15.9. The van der Waals surface area contributed by atoms with E-state index in [1.165, 1.54) is 12.7 Å².